The van der Waals surface area contributed by atoms with E-state index in [9.17, 15) is 15.0 Å². The molecule has 0 radical (unpaired) electrons. The Balaban J connectivity index is 2.22. The predicted octanol–water partition coefficient (Wildman–Crippen LogP) is 2.77. The number of aromatic nitrogens is 1. The van der Waals surface area contributed by atoms with Crippen LogP contribution in [0.15, 0.2) is 36.4 Å². The van der Waals surface area contributed by atoms with Crippen LogP contribution in [0, 0.1) is 5.92 Å². The summed E-state index contributed by atoms with van der Waals surface area (Å²) in [4.78, 5) is 14.5. The first-order valence-corrected chi connectivity index (χ1v) is 6.36. The molecule has 0 saturated heterocycles. The summed E-state index contributed by atoms with van der Waals surface area (Å²) in [5.74, 6) is -1.57. The van der Waals surface area contributed by atoms with Crippen LogP contribution in [0.2, 0.25) is 0 Å². The van der Waals surface area contributed by atoms with Crippen LogP contribution in [-0.4, -0.2) is 21.2 Å². The van der Waals surface area contributed by atoms with Gasteiger partial charge in [0.1, 0.15) is 0 Å². The molecule has 1 aromatic heterocycles. The second-order valence-electron chi connectivity index (χ2n) is 4.92. The molecular formula is C15H17NO4. The van der Waals surface area contributed by atoms with Crippen LogP contribution in [0.1, 0.15) is 25.3 Å². The summed E-state index contributed by atoms with van der Waals surface area (Å²) in [6, 6.07) is 10.5. The standard InChI is InChI=1S/C15H17NO4/c1-9(2)13(10-6-4-3-5-7-10)15(19)20-11-8-12(17)16-14(11)18/h3-9,13,16-18H,1-2H3. The van der Waals surface area contributed by atoms with Gasteiger partial charge < -0.3 is 14.9 Å². The van der Waals surface area contributed by atoms with E-state index in [4.69, 9.17) is 4.74 Å². The molecule has 1 aromatic carbocycles. The molecule has 3 N–H and O–H groups in total. The maximum atomic E-state index is 12.3. The number of carbonyl (C=O) groups is 1. The number of carbonyl (C=O) groups excluding carboxylic acids is 1. The van der Waals surface area contributed by atoms with Gasteiger partial charge in [0.15, 0.2) is 11.6 Å². The van der Waals surface area contributed by atoms with Crippen LogP contribution in [0.25, 0.3) is 0 Å². The van der Waals surface area contributed by atoms with E-state index in [0.29, 0.717) is 0 Å². The minimum absolute atomic E-state index is 0.0413. The molecule has 0 aliphatic rings. The fraction of sp³-hybridized carbons (Fsp3) is 0.267. The lowest BCUT2D eigenvalue weighted by atomic mass is 9.88. The van der Waals surface area contributed by atoms with Crippen molar-refractivity contribution in [1.82, 2.24) is 4.98 Å². The number of benzene rings is 1. The Bertz CT molecular complexity index is 589. The molecule has 1 unspecified atom stereocenters. The molecule has 0 aliphatic heterocycles. The molecule has 20 heavy (non-hydrogen) atoms. The van der Waals surface area contributed by atoms with Crippen LogP contribution in [0.5, 0.6) is 17.5 Å². The van der Waals surface area contributed by atoms with E-state index in [1.165, 1.54) is 0 Å². The average Bonchev–Trinajstić information content (AvgIpc) is 2.68. The molecular weight excluding hydrogens is 258 g/mol. The summed E-state index contributed by atoms with van der Waals surface area (Å²) in [6.07, 6.45) is 0. The van der Waals surface area contributed by atoms with Crippen LogP contribution < -0.4 is 4.74 Å². The monoisotopic (exact) mass is 275 g/mol. The smallest absolute Gasteiger partial charge is 0.319 e. The van der Waals surface area contributed by atoms with Gasteiger partial charge in [-0.1, -0.05) is 44.2 Å². The van der Waals surface area contributed by atoms with Gasteiger partial charge in [0.05, 0.1) is 5.92 Å². The number of ether oxygens (including phenoxy) is 1. The average molecular weight is 275 g/mol. The van der Waals surface area contributed by atoms with Gasteiger partial charge in [0.25, 0.3) is 0 Å². The summed E-state index contributed by atoms with van der Waals surface area (Å²) in [5.41, 5.74) is 0.853. The number of hydrogen-bond donors (Lipinski definition) is 3. The highest BCUT2D eigenvalue weighted by atomic mass is 16.5. The van der Waals surface area contributed by atoms with Crippen LogP contribution >= 0.6 is 0 Å². The van der Waals surface area contributed by atoms with Gasteiger partial charge in [-0.25, -0.2) is 0 Å². The fourth-order valence-corrected chi connectivity index (χ4v) is 2.11. The highest BCUT2D eigenvalue weighted by molar-refractivity contribution is 5.81. The normalized spacial score (nSPS) is 12.3. The summed E-state index contributed by atoms with van der Waals surface area (Å²) in [7, 11) is 0. The number of hydrogen-bond acceptors (Lipinski definition) is 4. The minimum Gasteiger partial charge on any atom is -0.494 e. The Morgan fingerprint density at radius 1 is 1.20 bits per heavy atom. The largest absolute Gasteiger partial charge is 0.494 e. The zero-order chi connectivity index (χ0) is 14.7. The van der Waals surface area contributed by atoms with Crippen molar-refractivity contribution in [3.8, 4) is 17.5 Å². The summed E-state index contributed by atoms with van der Waals surface area (Å²) >= 11 is 0. The number of esters is 1. The first-order valence-electron chi connectivity index (χ1n) is 6.36. The van der Waals surface area contributed by atoms with Crippen molar-refractivity contribution in [2.45, 2.75) is 19.8 Å². The van der Waals surface area contributed by atoms with Gasteiger partial charge in [-0.2, -0.15) is 0 Å². The second kappa shape index (κ2) is 5.69. The maximum absolute atomic E-state index is 12.3. The molecule has 1 heterocycles. The molecule has 106 valence electrons. The Morgan fingerprint density at radius 3 is 2.35 bits per heavy atom. The predicted molar refractivity (Wildman–Crippen MR) is 73.8 cm³/mol. The molecule has 2 rings (SSSR count). The number of aromatic hydroxyl groups is 2. The molecule has 0 aliphatic carbocycles. The van der Waals surface area contributed by atoms with Gasteiger partial charge in [-0.05, 0) is 11.5 Å². The summed E-state index contributed by atoms with van der Waals surface area (Å²) in [5, 5.41) is 18.7. The first-order chi connectivity index (χ1) is 9.49. The van der Waals surface area contributed by atoms with E-state index >= 15 is 0 Å². The van der Waals surface area contributed by atoms with Crippen molar-refractivity contribution < 1.29 is 19.7 Å². The Labute approximate surface area is 116 Å². The lowest BCUT2D eigenvalue weighted by Gasteiger charge is -2.19. The molecule has 5 heteroatoms. The van der Waals surface area contributed by atoms with E-state index in [-0.39, 0.29) is 23.4 Å². The molecule has 5 nitrogen and oxygen atoms in total. The molecule has 0 spiro atoms. The van der Waals surface area contributed by atoms with Crippen LogP contribution in [0.3, 0.4) is 0 Å². The number of rotatable bonds is 4. The van der Waals surface area contributed by atoms with E-state index in [2.05, 4.69) is 4.98 Å². The first kappa shape index (κ1) is 14.0. The Hall–Kier alpha value is -2.43. The molecule has 0 bridgehead atoms. The van der Waals surface area contributed by atoms with Gasteiger partial charge in [0, 0.05) is 6.07 Å². The Kier molecular flexibility index (Phi) is 3.98. The molecule has 0 fully saturated rings. The number of aromatic amines is 1. The van der Waals surface area contributed by atoms with Gasteiger partial charge in [-0.15, -0.1) is 0 Å². The molecule has 2 aromatic rings. The third kappa shape index (κ3) is 2.93. The van der Waals surface area contributed by atoms with Crippen molar-refractivity contribution in [3.63, 3.8) is 0 Å². The fourth-order valence-electron chi connectivity index (χ4n) is 2.11. The second-order valence-corrected chi connectivity index (χ2v) is 4.92. The van der Waals surface area contributed by atoms with Crippen LogP contribution in [-0.2, 0) is 4.79 Å². The van der Waals surface area contributed by atoms with Crippen molar-refractivity contribution in [2.24, 2.45) is 5.92 Å². The minimum atomic E-state index is -0.472. The molecule has 1 atom stereocenters. The maximum Gasteiger partial charge on any atom is 0.319 e. The van der Waals surface area contributed by atoms with Crippen molar-refractivity contribution in [3.05, 3.63) is 42.0 Å². The Morgan fingerprint density at radius 2 is 1.85 bits per heavy atom. The quantitative estimate of drug-likeness (QED) is 0.749. The van der Waals surface area contributed by atoms with Gasteiger partial charge in [0.2, 0.25) is 5.88 Å². The van der Waals surface area contributed by atoms with Crippen molar-refractivity contribution in [2.75, 3.05) is 0 Å². The molecule has 0 amide bonds. The summed E-state index contributed by atoms with van der Waals surface area (Å²) in [6.45, 7) is 3.85. The zero-order valence-corrected chi connectivity index (χ0v) is 11.3. The highest BCUT2D eigenvalue weighted by Crippen LogP contribution is 2.32. The van der Waals surface area contributed by atoms with Crippen molar-refractivity contribution in [1.29, 1.82) is 0 Å². The topological polar surface area (TPSA) is 82.5 Å². The van der Waals surface area contributed by atoms with Crippen LogP contribution in [0.4, 0.5) is 0 Å². The van der Waals surface area contributed by atoms with E-state index < -0.39 is 11.9 Å². The summed E-state index contributed by atoms with van der Waals surface area (Å²) < 4.78 is 5.16. The SMILES string of the molecule is CC(C)C(C(=O)Oc1cc(O)[nH]c1O)c1ccccc1. The third-order valence-electron chi connectivity index (χ3n) is 3.04. The third-order valence-corrected chi connectivity index (χ3v) is 3.04. The van der Waals surface area contributed by atoms with Crippen molar-refractivity contribution >= 4 is 5.97 Å². The lowest BCUT2D eigenvalue weighted by molar-refractivity contribution is -0.137. The lowest BCUT2D eigenvalue weighted by Crippen LogP contribution is -2.23. The van der Waals surface area contributed by atoms with E-state index in [0.717, 1.165) is 11.6 Å². The van der Waals surface area contributed by atoms with E-state index in [1.54, 1.807) is 0 Å². The molecule has 0 saturated carbocycles. The van der Waals surface area contributed by atoms with Gasteiger partial charge >= 0.3 is 5.97 Å². The number of nitrogens with one attached hydrogen (secondary N) is 1. The highest BCUT2D eigenvalue weighted by Gasteiger charge is 2.27. The van der Waals surface area contributed by atoms with Gasteiger partial charge in [-0.3, -0.25) is 9.78 Å². The number of H-pyrrole nitrogens is 1. The zero-order valence-electron chi connectivity index (χ0n) is 11.3. The van der Waals surface area contributed by atoms with E-state index in [1.807, 2.05) is 44.2 Å².